The molecule has 0 saturated carbocycles. The zero-order valence-corrected chi connectivity index (χ0v) is 21.4. The first-order valence-electron chi connectivity index (χ1n) is 12.4. The number of aliphatic imine (C=N–C) groups is 1. The van der Waals surface area contributed by atoms with Crippen LogP contribution in [0.3, 0.4) is 0 Å². The highest BCUT2D eigenvalue weighted by Crippen LogP contribution is 2.44. The van der Waals surface area contributed by atoms with E-state index in [2.05, 4.69) is 4.99 Å². The molecule has 8 nitrogen and oxygen atoms in total. The third-order valence-electron chi connectivity index (χ3n) is 6.85. The number of rotatable bonds is 8. The van der Waals surface area contributed by atoms with E-state index in [9.17, 15) is 24.6 Å². The molecule has 2 aromatic rings. The molecule has 2 N–H and O–H groups in total. The molecule has 1 amide bonds. The SMILES string of the molecule is CC(=NCCN(CC(=O)O)C(=O)OCC1c2ccccc2-c2ccccc21)C1=C(O)CC(C)(C)CC1=O. The van der Waals surface area contributed by atoms with E-state index in [0.29, 0.717) is 18.6 Å². The van der Waals surface area contributed by atoms with Gasteiger partial charge < -0.3 is 14.9 Å². The topological polar surface area (TPSA) is 116 Å². The van der Waals surface area contributed by atoms with Crippen molar-refractivity contribution in [3.63, 3.8) is 0 Å². The molecule has 2 aromatic carbocycles. The third kappa shape index (κ3) is 5.74. The van der Waals surface area contributed by atoms with Gasteiger partial charge in [0.1, 0.15) is 18.9 Å². The van der Waals surface area contributed by atoms with Crippen LogP contribution in [0.5, 0.6) is 0 Å². The van der Waals surface area contributed by atoms with Gasteiger partial charge in [-0.25, -0.2) is 4.79 Å². The first-order chi connectivity index (χ1) is 17.6. The quantitative estimate of drug-likeness (QED) is 0.490. The molecule has 0 atom stereocenters. The molecule has 37 heavy (non-hydrogen) atoms. The fourth-order valence-corrected chi connectivity index (χ4v) is 5.20. The van der Waals surface area contributed by atoms with Gasteiger partial charge in [-0.1, -0.05) is 62.4 Å². The van der Waals surface area contributed by atoms with E-state index in [1.165, 1.54) is 0 Å². The fourth-order valence-electron chi connectivity index (χ4n) is 5.20. The first-order valence-corrected chi connectivity index (χ1v) is 12.4. The van der Waals surface area contributed by atoms with E-state index >= 15 is 0 Å². The van der Waals surface area contributed by atoms with E-state index in [1.54, 1.807) is 6.92 Å². The zero-order chi connectivity index (χ0) is 26.7. The number of hydrogen-bond acceptors (Lipinski definition) is 6. The summed E-state index contributed by atoms with van der Waals surface area (Å²) < 4.78 is 5.61. The predicted octanol–water partition coefficient (Wildman–Crippen LogP) is 4.98. The van der Waals surface area contributed by atoms with Gasteiger partial charge in [0.15, 0.2) is 5.78 Å². The standard InChI is InChI=1S/C29H32N2O6/c1-18(27-24(32)14-29(2,3)15-25(27)33)30-12-13-31(16-26(34)35)28(36)37-17-23-21-10-6-4-8-19(21)20-9-5-7-11-22(20)23/h4-11,23,32H,12-17H2,1-3H3,(H,34,35). The number of aliphatic carboxylic acids is 1. The molecule has 0 heterocycles. The predicted molar refractivity (Wildman–Crippen MR) is 140 cm³/mol. The maximum absolute atomic E-state index is 12.9. The minimum absolute atomic E-state index is 0.00591. The molecule has 0 unspecified atom stereocenters. The van der Waals surface area contributed by atoms with Gasteiger partial charge in [-0.2, -0.15) is 0 Å². The molecule has 0 aliphatic heterocycles. The molecule has 0 aromatic heterocycles. The van der Waals surface area contributed by atoms with Gasteiger partial charge in [0.2, 0.25) is 0 Å². The number of ketones is 1. The van der Waals surface area contributed by atoms with Crippen molar-refractivity contribution in [2.45, 2.75) is 39.5 Å². The Morgan fingerprint density at radius 3 is 2.22 bits per heavy atom. The van der Waals surface area contributed by atoms with Crippen LogP contribution in [0.4, 0.5) is 4.79 Å². The molecular weight excluding hydrogens is 472 g/mol. The van der Waals surface area contributed by atoms with Crippen LogP contribution in [0.1, 0.15) is 50.7 Å². The van der Waals surface area contributed by atoms with Crippen molar-refractivity contribution < 1.29 is 29.3 Å². The summed E-state index contributed by atoms with van der Waals surface area (Å²) in [6, 6.07) is 15.9. The maximum atomic E-state index is 12.9. The molecule has 0 bridgehead atoms. The highest BCUT2D eigenvalue weighted by molar-refractivity contribution is 6.22. The lowest BCUT2D eigenvalue weighted by Crippen LogP contribution is -2.38. The van der Waals surface area contributed by atoms with E-state index in [-0.39, 0.29) is 48.1 Å². The summed E-state index contributed by atoms with van der Waals surface area (Å²) in [5, 5.41) is 19.7. The van der Waals surface area contributed by atoms with Crippen LogP contribution < -0.4 is 0 Å². The third-order valence-corrected chi connectivity index (χ3v) is 6.85. The number of hydrogen-bond donors (Lipinski definition) is 2. The summed E-state index contributed by atoms with van der Waals surface area (Å²) in [7, 11) is 0. The van der Waals surface area contributed by atoms with Gasteiger partial charge in [0.25, 0.3) is 0 Å². The summed E-state index contributed by atoms with van der Waals surface area (Å²) in [6.07, 6.45) is -0.0506. The van der Waals surface area contributed by atoms with E-state index in [0.717, 1.165) is 27.2 Å². The summed E-state index contributed by atoms with van der Waals surface area (Å²) in [6.45, 7) is 5.08. The number of ether oxygens (including phenoxy) is 1. The van der Waals surface area contributed by atoms with E-state index < -0.39 is 18.6 Å². The molecule has 0 radical (unpaired) electrons. The minimum atomic E-state index is -1.17. The highest BCUT2D eigenvalue weighted by Gasteiger charge is 2.34. The number of aliphatic hydroxyl groups excluding tert-OH is 1. The van der Waals surface area contributed by atoms with Crippen LogP contribution in [-0.2, 0) is 14.3 Å². The smallest absolute Gasteiger partial charge is 0.410 e. The number of carbonyl (C=O) groups is 3. The number of Topliss-reactive ketones (excluding diaryl/α,β-unsaturated/α-hetero) is 1. The summed E-state index contributed by atoms with van der Waals surface area (Å²) >= 11 is 0. The first kappa shape index (κ1) is 26.1. The molecule has 0 saturated heterocycles. The van der Waals surface area contributed by atoms with Crippen LogP contribution in [0.2, 0.25) is 0 Å². The lowest BCUT2D eigenvalue weighted by atomic mass is 9.76. The largest absolute Gasteiger partial charge is 0.511 e. The Kier molecular flexibility index (Phi) is 7.47. The number of nitrogens with zero attached hydrogens (tertiary/aromatic N) is 2. The van der Waals surface area contributed by atoms with Gasteiger partial charge >= 0.3 is 12.1 Å². The van der Waals surface area contributed by atoms with Crippen LogP contribution in [0, 0.1) is 5.41 Å². The van der Waals surface area contributed by atoms with Gasteiger partial charge in [-0.05, 0) is 34.6 Å². The monoisotopic (exact) mass is 504 g/mol. The molecule has 4 rings (SSSR count). The highest BCUT2D eigenvalue weighted by atomic mass is 16.6. The van der Waals surface area contributed by atoms with Crippen molar-refractivity contribution in [3.8, 4) is 11.1 Å². The number of allylic oxidation sites excluding steroid dienone is 2. The second-order valence-electron chi connectivity index (χ2n) is 10.3. The second kappa shape index (κ2) is 10.6. The molecule has 2 aliphatic carbocycles. The van der Waals surface area contributed by atoms with Crippen molar-refractivity contribution in [2.75, 3.05) is 26.2 Å². The van der Waals surface area contributed by atoms with Gasteiger partial charge in [-0.15, -0.1) is 0 Å². The Morgan fingerprint density at radius 1 is 1.05 bits per heavy atom. The number of carboxylic acid groups (broad SMARTS) is 1. The zero-order valence-electron chi connectivity index (χ0n) is 21.4. The van der Waals surface area contributed by atoms with Crippen LogP contribution in [0.25, 0.3) is 11.1 Å². The fraction of sp³-hybridized carbons (Fsp3) is 0.379. The second-order valence-corrected chi connectivity index (χ2v) is 10.3. The lowest BCUT2D eigenvalue weighted by molar-refractivity contribution is -0.138. The van der Waals surface area contributed by atoms with E-state index in [1.807, 2.05) is 62.4 Å². The van der Waals surface area contributed by atoms with Gasteiger partial charge in [0, 0.05) is 31.0 Å². The average Bonchev–Trinajstić information content (AvgIpc) is 3.14. The molecule has 2 aliphatic rings. The number of carbonyl (C=O) groups excluding carboxylic acids is 2. The Balaban J connectivity index is 1.43. The molecule has 194 valence electrons. The maximum Gasteiger partial charge on any atom is 0.410 e. The van der Waals surface area contributed by atoms with E-state index in [4.69, 9.17) is 4.74 Å². The van der Waals surface area contributed by atoms with Crippen molar-refractivity contribution in [2.24, 2.45) is 10.4 Å². The summed E-state index contributed by atoms with van der Waals surface area (Å²) in [5.74, 6) is -1.46. The minimum Gasteiger partial charge on any atom is -0.511 e. The Labute approximate surface area is 216 Å². The summed E-state index contributed by atoms with van der Waals surface area (Å²) in [4.78, 5) is 42.3. The summed E-state index contributed by atoms with van der Waals surface area (Å²) in [5.41, 5.74) is 4.61. The van der Waals surface area contributed by atoms with Crippen molar-refractivity contribution in [3.05, 3.63) is 71.0 Å². The van der Waals surface area contributed by atoms with Crippen molar-refractivity contribution in [1.29, 1.82) is 0 Å². The Hall–Kier alpha value is -3.94. The number of carboxylic acids is 1. The number of amides is 1. The van der Waals surface area contributed by atoms with Crippen molar-refractivity contribution >= 4 is 23.6 Å². The number of fused-ring (bicyclic) bond motifs is 3. The van der Waals surface area contributed by atoms with Crippen LogP contribution in [-0.4, -0.2) is 64.9 Å². The Morgan fingerprint density at radius 2 is 1.65 bits per heavy atom. The number of aliphatic hydroxyl groups is 1. The van der Waals surface area contributed by atoms with Gasteiger partial charge in [-0.3, -0.25) is 19.5 Å². The molecule has 0 fully saturated rings. The van der Waals surface area contributed by atoms with Crippen LogP contribution in [0.15, 0.2) is 64.9 Å². The Bertz CT molecular complexity index is 1250. The van der Waals surface area contributed by atoms with Crippen molar-refractivity contribution in [1.82, 2.24) is 4.90 Å². The average molecular weight is 505 g/mol. The van der Waals surface area contributed by atoms with Gasteiger partial charge in [0.05, 0.1) is 12.1 Å². The van der Waals surface area contributed by atoms with Crippen LogP contribution >= 0.6 is 0 Å². The molecular formula is C29H32N2O6. The molecule has 0 spiro atoms. The molecule has 8 heteroatoms. The number of benzene rings is 2. The normalized spacial score (nSPS) is 16.8. The lowest BCUT2D eigenvalue weighted by Gasteiger charge is -2.29.